The third kappa shape index (κ3) is 2.84. The van der Waals surface area contributed by atoms with Crippen LogP contribution in [-0.2, 0) is 0 Å². The van der Waals surface area contributed by atoms with Crippen molar-refractivity contribution in [1.82, 2.24) is 0 Å². The molecule has 0 aliphatic rings. The van der Waals surface area contributed by atoms with Crippen LogP contribution < -0.4 is 0 Å². The largest absolute Gasteiger partial charge is 0.501 e. The van der Waals surface area contributed by atoms with Crippen LogP contribution >= 0.6 is 0 Å². The molecule has 0 amide bonds. The fourth-order valence-corrected chi connectivity index (χ4v) is 0.697. The average molecular weight is 110 g/mol. The Morgan fingerprint density at radius 1 is 1.75 bits per heavy atom. The van der Waals surface area contributed by atoms with E-state index in [9.17, 15) is 0 Å². The van der Waals surface area contributed by atoms with Crippen molar-refractivity contribution in [1.29, 1.82) is 0 Å². The molecule has 48 valence electrons. The molecule has 0 aromatic carbocycles. The third-order valence-electron chi connectivity index (χ3n) is 1.33. The van der Waals surface area contributed by atoms with Gasteiger partial charge in [-0.25, -0.2) is 0 Å². The predicted octanol–water partition coefficient (Wildman–Crippen LogP) is 2.62. The average Bonchev–Trinajstić information content (AvgIpc) is 1.83. The van der Waals surface area contributed by atoms with Gasteiger partial charge in [0, 0.05) is 0 Å². The minimum Gasteiger partial charge on any atom is -0.501 e. The van der Waals surface area contributed by atoms with Crippen molar-refractivity contribution >= 4 is 0 Å². The molecule has 0 heteroatoms. The van der Waals surface area contributed by atoms with E-state index in [1.807, 2.05) is 0 Å². The Balaban J connectivity index is 3.21. The molecule has 1 unspecified atom stereocenters. The van der Waals surface area contributed by atoms with Gasteiger partial charge in [-0.15, -0.1) is 6.42 Å². The smallest absolute Gasteiger partial charge is 0.0674 e. The summed E-state index contributed by atoms with van der Waals surface area (Å²) in [6.07, 6.45) is 6.25. The molecule has 0 spiro atoms. The fourth-order valence-electron chi connectivity index (χ4n) is 0.697. The van der Waals surface area contributed by atoms with Crippen molar-refractivity contribution in [3.63, 3.8) is 0 Å². The highest BCUT2D eigenvalue weighted by Gasteiger charge is 1.82. The SMILES string of the molecule is C=[C-]C(CC)CC[CH2-]. The van der Waals surface area contributed by atoms with Crippen molar-refractivity contribution in [2.24, 2.45) is 5.92 Å². The van der Waals surface area contributed by atoms with Gasteiger partial charge in [-0.1, -0.05) is 13.3 Å². The maximum absolute atomic E-state index is 3.75. The minimum atomic E-state index is 0.576. The lowest BCUT2D eigenvalue weighted by molar-refractivity contribution is 0.565. The lowest BCUT2D eigenvalue weighted by Gasteiger charge is -2.19. The summed E-state index contributed by atoms with van der Waals surface area (Å²) in [7, 11) is 0. The van der Waals surface area contributed by atoms with Gasteiger partial charge in [-0.05, 0) is 0 Å². The second-order valence-electron chi connectivity index (χ2n) is 1.95. The molecule has 0 saturated heterocycles. The number of rotatable bonds is 4. The van der Waals surface area contributed by atoms with E-state index in [1.54, 1.807) is 0 Å². The van der Waals surface area contributed by atoms with E-state index >= 15 is 0 Å². The molecule has 0 fully saturated rings. The first-order chi connectivity index (χ1) is 3.85. The lowest BCUT2D eigenvalue weighted by atomic mass is 10.0. The van der Waals surface area contributed by atoms with Gasteiger partial charge in [0.15, 0.2) is 0 Å². The highest BCUT2D eigenvalue weighted by atomic mass is 14.0. The maximum atomic E-state index is 3.75. The lowest BCUT2D eigenvalue weighted by Crippen LogP contribution is -1.91. The Morgan fingerprint density at radius 2 is 2.38 bits per heavy atom. The number of hydrogen-bond donors (Lipinski definition) is 0. The molecule has 0 saturated carbocycles. The zero-order chi connectivity index (χ0) is 6.41. The molecule has 0 heterocycles. The van der Waals surface area contributed by atoms with E-state index in [0.29, 0.717) is 5.92 Å². The summed E-state index contributed by atoms with van der Waals surface area (Å²) in [6.45, 7) is 9.50. The van der Waals surface area contributed by atoms with E-state index in [1.165, 1.54) is 0 Å². The molecule has 0 radical (unpaired) electrons. The summed E-state index contributed by atoms with van der Waals surface area (Å²) in [5.41, 5.74) is 0. The Morgan fingerprint density at radius 3 is 2.50 bits per heavy atom. The Labute approximate surface area is 52.6 Å². The Hall–Kier alpha value is -0.260. The Kier molecular flexibility index (Phi) is 4.73. The van der Waals surface area contributed by atoms with Gasteiger partial charge >= 0.3 is 0 Å². The molecule has 0 bridgehead atoms. The molecular weight excluding hydrogens is 96.1 g/mol. The van der Waals surface area contributed by atoms with E-state index in [4.69, 9.17) is 0 Å². The molecule has 1 atom stereocenters. The molecule has 0 aromatic rings. The van der Waals surface area contributed by atoms with Crippen molar-refractivity contribution in [2.75, 3.05) is 0 Å². The summed E-state index contributed by atoms with van der Waals surface area (Å²) >= 11 is 0. The maximum Gasteiger partial charge on any atom is -0.0674 e. The summed E-state index contributed by atoms with van der Waals surface area (Å²) < 4.78 is 0. The topological polar surface area (TPSA) is 0 Å². The van der Waals surface area contributed by atoms with Gasteiger partial charge < -0.3 is 13.0 Å². The van der Waals surface area contributed by atoms with Crippen LogP contribution in [0.25, 0.3) is 0 Å². The number of allylic oxidation sites excluding steroid dienone is 1. The van der Waals surface area contributed by atoms with Gasteiger partial charge in [-0.2, -0.15) is 12.3 Å². The standard InChI is InChI=1S/C8H14/c1-4-7-8(5-2)6-3/h8H,1-2,4,6-7H2,3H3/q-2. The van der Waals surface area contributed by atoms with Gasteiger partial charge in [-0.3, -0.25) is 6.58 Å². The normalized spacial score (nSPS) is 13.2. The molecule has 0 aliphatic carbocycles. The van der Waals surface area contributed by atoms with Gasteiger partial charge in [0.05, 0.1) is 0 Å². The summed E-state index contributed by atoms with van der Waals surface area (Å²) in [5, 5.41) is 0. The van der Waals surface area contributed by atoms with Crippen LogP contribution in [0, 0.1) is 18.9 Å². The quantitative estimate of drug-likeness (QED) is 0.488. The Bertz CT molecular complexity index is 55.1. The van der Waals surface area contributed by atoms with Crippen LogP contribution in [0.3, 0.4) is 0 Å². The van der Waals surface area contributed by atoms with Crippen LogP contribution in [0.5, 0.6) is 0 Å². The van der Waals surface area contributed by atoms with E-state index in [2.05, 4.69) is 26.5 Å². The first-order valence-corrected chi connectivity index (χ1v) is 3.17. The van der Waals surface area contributed by atoms with E-state index in [-0.39, 0.29) is 0 Å². The fraction of sp³-hybridized carbons (Fsp3) is 0.625. The van der Waals surface area contributed by atoms with Crippen molar-refractivity contribution < 1.29 is 0 Å². The summed E-state index contributed by atoms with van der Waals surface area (Å²) in [5.74, 6) is 0.576. The molecule has 0 aliphatic heterocycles. The van der Waals surface area contributed by atoms with Gasteiger partial charge in [0.1, 0.15) is 0 Å². The second-order valence-corrected chi connectivity index (χ2v) is 1.95. The molecule has 8 heavy (non-hydrogen) atoms. The van der Waals surface area contributed by atoms with Crippen molar-refractivity contribution in [3.05, 3.63) is 19.6 Å². The van der Waals surface area contributed by atoms with Crippen molar-refractivity contribution in [3.8, 4) is 0 Å². The van der Waals surface area contributed by atoms with Crippen LogP contribution in [0.1, 0.15) is 26.2 Å². The van der Waals surface area contributed by atoms with E-state index < -0.39 is 0 Å². The van der Waals surface area contributed by atoms with Crippen LogP contribution in [0.15, 0.2) is 6.58 Å². The van der Waals surface area contributed by atoms with Crippen LogP contribution in [0.2, 0.25) is 0 Å². The first-order valence-electron chi connectivity index (χ1n) is 3.17. The molecule has 0 N–H and O–H groups in total. The molecule has 0 rings (SSSR count). The zero-order valence-corrected chi connectivity index (χ0v) is 5.61. The predicted molar refractivity (Wildman–Crippen MR) is 37.2 cm³/mol. The molecular formula is C8H14-2. The highest BCUT2D eigenvalue weighted by Crippen LogP contribution is 2.09. The minimum absolute atomic E-state index is 0.576. The van der Waals surface area contributed by atoms with Crippen molar-refractivity contribution in [2.45, 2.75) is 26.2 Å². The van der Waals surface area contributed by atoms with Gasteiger partial charge in [0.2, 0.25) is 0 Å². The van der Waals surface area contributed by atoms with Gasteiger partial charge in [0.25, 0.3) is 0 Å². The monoisotopic (exact) mass is 110 g/mol. The summed E-state index contributed by atoms with van der Waals surface area (Å²) in [6, 6.07) is 0. The summed E-state index contributed by atoms with van der Waals surface area (Å²) in [4.78, 5) is 0. The molecule has 0 nitrogen and oxygen atoms in total. The van der Waals surface area contributed by atoms with E-state index in [0.717, 1.165) is 19.3 Å². The second kappa shape index (κ2) is 4.89. The van der Waals surface area contributed by atoms with Crippen LogP contribution in [0.4, 0.5) is 0 Å². The number of hydrogen-bond acceptors (Lipinski definition) is 0. The zero-order valence-electron chi connectivity index (χ0n) is 5.61. The third-order valence-corrected chi connectivity index (χ3v) is 1.33. The van der Waals surface area contributed by atoms with Crippen LogP contribution in [-0.4, -0.2) is 0 Å². The molecule has 0 aromatic heterocycles. The first kappa shape index (κ1) is 7.74. The highest BCUT2D eigenvalue weighted by molar-refractivity contribution is 4.68.